The molecule has 0 atom stereocenters. The molecule has 2 rings (SSSR count). The first-order chi connectivity index (χ1) is 11.8. The van der Waals surface area contributed by atoms with Crippen molar-refractivity contribution in [3.05, 3.63) is 53.2 Å². The average molecular weight is 361 g/mol. The molecule has 0 saturated carbocycles. The number of nitrogens with one attached hydrogen (secondary N) is 1. The number of amides is 1. The topological polar surface area (TPSA) is 79.4 Å². The van der Waals surface area contributed by atoms with E-state index in [4.69, 9.17) is 0 Å². The van der Waals surface area contributed by atoms with Gasteiger partial charge in [0.05, 0.1) is 4.90 Å². The zero-order valence-electron chi connectivity index (χ0n) is 14.9. The Morgan fingerprint density at radius 1 is 1.12 bits per heavy atom. The van der Waals surface area contributed by atoms with Crippen molar-refractivity contribution < 1.29 is 13.2 Å². The van der Waals surface area contributed by atoms with Gasteiger partial charge in [-0.3, -0.25) is 4.79 Å². The number of benzene rings is 1. The van der Waals surface area contributed by atoms with E-state index < -0.39 is 15.9 Å². The lowest BCUT2D eigenvalue weighted by molar-refractivity contribution is 0.102. The van der Waals surface area contributed by atoms with Gasteiger partial charge in [0, 0.05) is 24.8 Å². The number of nitrogens with zero attached hydrogens (tertiary/aromatic N) is 2. The van der Waals surface area contributed by atoms with E-state index in [-0.39, 0.29) is 10.5 Å². The number of hydrogen-bond donors (Lipinski definition) is 1. The van der Waals surface area contributed by atoms with Gasteiger partial charge in [0.15, 0.2) is 0 Å². The van der Waals surface area contributed by atoms with Gasteiger partial charge in [-0.1, -0.05) is 26.0 Å². The van der Waals surface area contributed by atoms with Crippen LogP contribution >= 0.6 is 0 Å². The fraction of sp³-hybridized carbons (Fsp3) is 0.333. The molecule has 0 saturated heterocycles. The summed E-state index contributed by atoms with van der Waals surface area (Å²) in [5, 5.41) is 2.72. The van der Waals surface area contributed by atoms with Gasteiger partial charge in [0.25, 0.3) is 5.91 Å². The zero-order valence-corrected chi connectivity index (χ0v) is 15.7. The molecule has 1 N–H and O–H groups in total. The van der Waals surface area contributed by atoms with Gasteiger partial charge >= 0.3 is 0 Å². The second-order valence-corrected chi connectivity index (χ2v) is 7.60. The summed E-state index contributed by atoms with van der Waals surface area (Å²) in [4.78, 5) is 16.8. The van der Waals surface area contributed by atoms with Gasteiger partial charge in [-0.05, 0) is 43.2 Å². The molecule has 1 amide bonds. The Hall–Kier alpha value is -2.25. The molecule has 7 heteroatoms. The van der Waals surface area contributed by atoms with E-state index in [1.807, 2.05) is 13.0 Å². The molecule has 0 unspecified atom stereocenters. The molecule has 25 heavy (non-hydrogen) atoms. The predicted molar refractivity (Wildman–Crippen MR) is 98.2 cm³/mol. The van der Waals surface area contributed by atoms with Crippen molar-refractivity contribution in [2.75, 3.05) is 18.4 Å². The monoisotopic (exact) mass is 361 g/mol. The summed E-state index contributed by atoms with van der Waals surface area (Å²) in [7, 11) is -3.63. The van der Waals surface area contributed by atoms with Crippen molar-refractivity contribution in [3.8, 4) is 0 Å². The second kappa shape index (κ2) is 7.76. The fourth-order valence-corrected chi connectivity index (χ4v) is 4.23. The Bertz CT molecular complexity index is 875. The Balaban J connectivity index is 2.39. The highest BCUT2D eigenvalue weighted by molar-refractivity contribution is 7.89. The minimum Gasteiger partial charge on any atom is -0.306 e. The van der Waals surface area contributed by atoms with Gasteiger partial charge in [-0.15, -0.1) is 0 Å². The normalized spacial score (nSPS) is 11.6. The Kier molecular flexibility index (Phi) is 5.92. The van der Waals surface area contributed by atoms with Crippen LogP contribution in [0.1, 0.15) is 35.3 Å². The molecule has 6 nitrogen and oxygen atoms in total. The van der Waals surface area contributed by atoms with Gasteiger partial charge in [-0.2, -0.15) is 4.31 Å². The summed E-state index contributed by atoms with van der Waals surface area (Å²) in [6, 6.07) is 8.32. The number of pyridine rings is 1. The number of anilines is 1. The van der Waals surface area contributed by atoms with E-state index in [1.165, 1.54) is 10.4 Å². The van der Waals surface area contributed by atoms with Crippen molar-refractivity contribution in [2.24, 2.45) is 0 Å². The van der Waals surface area contributed by atoms with E-state index in [1.54, 1.807) is 45.2 Å². The summed E-state index contributed by atoms with van der Waals surface area (Å²) in [6.07, 6.45) is 1.59. The first-order valence-electron chi connectivity index (χ1n) is 8.15. The average Bonchev–Trinajstić information content (AvgIpc) is 2.58. The number of aromatic nitrogens is 1. The van der Waals surface area contributed by atoms with Crippen LogP contribution in [0, 0.1) is 13.8 Å². The van der Waals surface area contributed by atoms with Crippen LogP contribution in [0.3, 0.4) is 0 Å². The summed E-state index contributed by atoms with van der Waals surface area (Å²) in [6.45, 7) is 7.90. The van der Waals surface area contributed by atoms with Gasteiger partial charge in [-0.25, -0.2) is 13.4 Å². The number of carbonyl (C=O) groups is 1. The first kappa shape index (κ1) is 19.1. The van der Waals surface area contributed by atoms with E-state index in [9.17, 15) is 13.2 Å². The van der Waals surface area contributed by atoms with Crippen molar-refractivity contribution >= 4 is 21.7 Å². The number of hydrogen-bond acceptors (Lipinski definition) is 4. The van der Waals surface area contributed by atoms with Crippen LogP contribution in [0.25, 0.3) is 0 Å². The standard InChI is InChI=1S/C18H23N3O3S/c1-5-21(6-2)25(23,24)16-12-15(10-9-13(16)3)18(22)20-17-14(4)8-7-11-19-17/h7-12H,5-6H2,1-4H3,(H,19,20,22). The van der Waals surface area contributed by atoms with E-state index in [2.05, 4.69) is 10.3 Å². The SMILES string of the molecule is CCN(CC)S(=O)(=O)c1cc(C(=O)Nc2ncccc2C)ccc1C. The second-order valence-electron chi connectivity index (χ2n) is 5.69. The molecular weight excluding hydrogens is 338 g/mol. The molecule has 134 valence electrons. The molecule has 0 spiro atoms. The van der Waals surface area contributed by atoms with E-state index in [0.717, 1.165) is 5.56 Å². The van der Waals surface area contributed by atoms with Crippen LogP contribution < -0.4 is 5.32 Å². The third kappa shape index (κ3) is 4.05. The van der Waals surface area contributed by atoms with E-state index in [0.29, 0.717) is 24.5 Å². The number of carbonyl (C=O) groups excluding carboxylic acids is 1. The van der Waals surface area contributed by atoms with Crippen molar-refractivity contribution in [1.82, 2.24) is 9.29 Å². The predicted octanol–water partition coefficient (Wildman–Crippen LogP) is 2.98. The summed E-state index contributed by atoms with van der Waals surface area (Å²) < 4.78 is 26.9. The molecule has 1 aromatic heterocycles. The third-order valence-electron chi connectivity index (χ3n) is 4.01. The molecule has 2 aromatic rings. The van der Waals surface area contributed by atoms with Crippen LogP contribution in [0.15, 0.2) is 41.4 Å². The maximum atomic E-state index is 12.8. The van der Waals surface area contributed by atoms with Crippen LogP contribution in [0.4, 0.5) is 5.82 Å². The number of rotatable bonds is 6. The summed E-state index contributed by atoms with van der Waals surface area (Å²) in [5.74, 6) is 0.0685. The largest absolute Gasteiger partial charge is 0.306 e. The zero-order chi connectivity index (χ0) is 18.6. The summed E-state index contributed by atoms with van der Waals surface area (Å²) >= 11 is 0. The molecule has 0 aliphatic carbocycles. The van der Waals surface area contributed by atoms with Crippen LogP contribution in [0.2, 0.25) is 0 Å². The van der Waals surface area contributed by atoms with Crippen LogP contribution in [-0.4, -0.2) is 36.7 Å². The number of aryl methyl sites for hydroxylation is 2. The van der Waals surface area contributed by atoms with Gasteiger partial charge < -0.3 is 5.32 Å². The lowest BCUT2D eigenvalue weighted by Gasteiger charge is -2.20. The highest BCUT2D eigenvalue weighted by Gasteiger charge is 2.24. The van der Waals surface area contributed by atoms with Crippen LogP contribution in [-0.2, 0) is 10.0 Å². The molecule has 0 radical (unpaired) electrons. The smallest absolute Gasteiger partial charge is 0.256 e. The molecular formula is C18H23N3O3S. The fourth-order valence-electron chi connectivity index (χ4n) is 2.52. The molecule has 0 aliphatic heterocycles. The van der Waals surface area contributed by atoms with Crippen LogP contribution in [0.5, 0.6) is 0 Å². The minimum absolute atomic E-state index is 0.154. The maximum Gasteiger partial charge on any atom is 0.256 e. The van der Waals surface area contributed by atoms with Gasteiger partial charge in [0.2, 0.25) is 10.0 Å². The molecule has 0 bridgehead atoms. The Morgan fingerprint density at radius 3 is 2.40 bits per heavy atom. The highest BCUT2D eigenvalue weighted by atomic mass is 32.2. The third-order valence-corrected chi connectivity index (χ3v) is 6.21. The number of sulfonamides is 1. The molecule has 0 aliphatic rings. The molecule has 1 heterocycles. The quantitative estimate of drug-likeness (QED) is 0.858. The maximum absolute atomic E-state index is 12.8. The Labute approximate surface area is 148 Å². The van der Waals surface area contributed by atoms with Crippen molar-refractivity contribution in [3.63, 3.8) is 0 Å². The summed E-state index contributed by atoms with van der Waals surface area (Å²) in [5.41, 5.74) is 1.72. The lowest BCUT2D eigenvalue weighted by Crippen LogP contribution is -2.31. The van der Waals surface area contributed by atoms with E-state index >= 15 is 0 Å². The first-order valence-corrected chi connectivity index (χ1v) is 9.59. The molecule has 0 fully saturated rings. The van der Waals surface area contributed by atoms with Crippen molar-refractivity contribution in [1.29, 1.82) is 0 Å². The highest BCUT2D eigenvalue weighted by Crippen LogP contribution is 2.22. The Morgan fingerprint density at radius 2 is 1.80 bits per heavy atom. The lowest BCUT2D eigenvalue weighted by atomic mass is 10.1. The van der Waals surface area contributed by atoms with Gasteiger partial charge in [0.1, 0.15) is 5.82 Å². The van der Waals surface area contributed by atoms with Crippen molar-refractivity contribution in [2.45, 2.75) is 32.6 Å². The molecule has 1 aromatic carbocycles. The minimum atomic E-state index is -3.63.